The van der Waals surface area contributed by atoms with Crippen molar-refractivity contribution in [3.8, 4) is 5.75 Å². The smallest absolute Gasteiger partial charge is 0.343 e. The number of carbonyl (C=O) groups is 2. The van der Waals surface area contributed by atoms with Gasteiger partial charge in [-0.15, -0.1) is 0 Å². The topological polar surface area (TPSA) is 76.7 Å². The van der Waals surface area contributed by atoms with E-state index in [4.69, 9.17) is 21.7 Å². The van der Waals surface area contributed by atoms with Gasteiger partial charge in [0.15, 0.2) is 5.11 Å². The molecular weight excluding hydrogens is 376 g/mol. The molecule has 28 heavy (non-hydrogen) atoms. The number of ether oxygens (including phenoxy) is 2. The van der Waals surface area contributed by atoms with E-state index >= 15 is 0 Å². The number of benzene rings is 2. The van der Waals surface area contributed by atoms with Gasteiger partial charge < -0.3 is 20.1 Å². The Labute approximate surface area is 168 Å². The zero-order valence-corrected chi connectivity index (χ0v) is 16.3. The molecule has 1 aliphatic rings. The molecular formula is C21H20N2O4S. The summed E-state index contributed by atoms with van der Waals surface area (Å²) in [6.45, 7) is 3.82. The average molecular weight is 396 g/mol. The molecule has 0 aliphatic carbocycles. The van der Waals surface area contributed by atoms with Gasteiger partial charge in [-0.1, -0.05) is 30.3 Å². The Morgan fingerprint density at radius 3 is 2.36 bits per heavy atom. The van der Waals surface area contributed by atoms with Crippen LogP contribution in [0.25, 0.3) is 0 Å². The lowest BCUT2D eigenvalue weighted by molar-refractivity contribution is -0.139. The fourth-order valence-corrected chi connectivity index (χ4v) is 3.16. The maximum atomic E-state index is 12.4. The van der Waals surface area contributed by atoms with E-state index in [-0.39, 0.29) is 6.61 Å². The van der Waals surface area contributed by atoms with Gasteiger partial charge >= 0.3 is 11.9 Å². The van der Waals surface area contributed by atoms with Gasteiger partial charge in [-0.3, -0.25) is 0 Å². The molecule has 3 rings (SSSR count). The van der Waals surface area contributed by atoms with E-state index in [9.17, 15) is 9.59 Å². The van der Waals surface area contributed by atoms with Crippen LogP contribution in [0.4, 0.5) is 0 Å². The van der Waals surface area contributed by atoms with Crippen molar-refractivity contribution in [2.75, 3.05) is 6.61 Å². The van der Waals surface area contributed by atoms with Gasteiger partial charge in [0.2, 0.25) is 0 Å². The highest BCUT2D eigenvalue weighted by molar-refractivity contribution is 7.80. The third kappa shape index (κ3) is 4.37. The molecule has 0 fully saturated rings. The number of allylic oxidation sites excluding steroid dienone is 1. The summed E-state index contributed by atoms with van der Waals surface area (Å²) in [7, 11) is 0. The summed E-state index contributed by atoms with van der Waals surface area (Å²) >= 11 is 5.22. The molecule has 0 radical (unpaired) electrons. The zero-order valence-electron chi connectivity index (χ0n) is 15.5. The number of thiocarbonyl (C=S) groups is 1. The first-order valence-corrected chi connectivity index (χ1v) is 9.23. The molecule has 1 aliphatic heterocycles. The van der Waals surface area contributed by atoms with Crippen LogP contribution in [0, 0.1) is 0 Å². The van der Waals surface area contributed by atoms with Crippen LogP contribution in [0.1, 0.15) is 35.8 Å². The summed E-state index contributed by atoms with van der Waals surface area (Å²) in [5, 5.41) is 6.47. The zero-order chi connectivity index (χ0) is 20.1. The van der Waals surface area contributed by atoms with Gasteiger partial charge in [-0.2, -0.15) is 0 Å². The summed E-state index contributed by atoms with van der Waals surface area (Å²) < 4.78 is 10.6. The van der Waals surface area contributed by atoms with Crippen molar-refractivity contribution in [2.24, 2.45) is 0 Å². The molecule has 0 bridgehead atoms. The van der Waals surface area contributed by atoms with Gasteiger partial charge in [0, 0.05) is 5.70 Å². The number of nitrogens with one attached hydrogen (secondary N) is 2. The number of hydrogen-bond acceptors (Lipinski definition) is 5. The van der Waals surface area contributed by atoms with E-state index < -0.39 is 18.0 Å². The van der Waals surface area contributed by atoms with Crippen LogP contribution in [0.3, 0.4) is 0 Å². The van der Waals surface area contributed by atoms with Gasteiger partial charge in [0.25, 0.3) is 0 Å². The van der Waals surface area contributed by atoms with Crippen LogP contribution in [-0.2, 0) is 9.53 Å². The van der Waals surface area contributed by atoms with E-state index in [2.05, 4.69) is 10.6 Å². The van der Waals surface area contributed by atoms with Crippen molar-refractivity contribution in [2.45, 2.75) is 19.9 Å². The Bertz CT molecular complexity index is 923. The van der Waals surface area contributed by atoms with Crippen molar-refractivity contribution in [3.63, 3.8) is 0 Å². The highest BCUT2D eigenvalue weighted by Crippen LogP contribution is 2.29. The predicted molar refractivity (Wildman–Crippen MR) is 109 cm³/mol. The van der Waals surface area contributed by atoms with E-state index in [1.54, 1.807) is 62.4 Å². The van der Waals surface area contributed by atoms with Crippen LogP contribution >= 0.6 is 12.2 Å². The Balaban J connectivity index is 1.81. The molecule has 1 atom stereocenters. The Hall–Kier alpha value is -3.19. The molecule has 0 spiro atoms. The van der Waals surface area contributed by atoms with Crippen molar-refractivity contribution >= 4 is 29.3 Å². The van der Waals surface area contributed by atoms with Gasteiger partial charge in [0.1, 0.15) is 5.75 Å². The maximum Gasteiger partial charge on any atom is 0.343 e. The largest absolute Gasteiger partial charge is 0.463 e. The highest BCUT2D eigenvalue weighted by Gasteiger charge is 2.30. The van der Waals surface area contributed by atoms with Crippen LogP contribution in [0.2, 0.25) is 0 Å². The first-order chi connectivity index (χ1) is 13.5. The summed E-state index contributed by atoms with van der Waals surface area (Å²) in [6, 6.07) is 15.2. The second kappa shape index (κ2) is 8.67. The minimum absolute atomic E-state index is 0.279. The molecule has 2 aromatic carbocycles. The molecule has 2 aromatic rings. The molecule has 0 amide bonds. The maximum absolute atomic E-state index is 12.4. The standard InChI is InChI=1S/C21H20N2O4S/c1-3-26-20(25)17-13(2)22-21(28)23-18(17)14-9-11-16(12-10-14)27-19(24)15-7-5-4-6-8-15/h4-12,18H,3H2,1-2H3,(H2,22,23,28)/t18-/m0/s1. The lowest BCUT2D eigenvalue weighted by Gasteiger charge is -2.29. The fraction of sp³-hybridized carbons (Fsp3) is 0.190. The molecule has 0 unspecified atom stereocenters. The number of hydrogen-bond donors (Lipinski definition) is 2. The van der Waals surface area contributed by atoms with Gasteiger partial charge in [-0.05, 0) is 55.9 Å². The second-order valence-electron chi connectivity index (χ2n) is 6.12. The van der Waals surface area contributed by atoms with Crippen molar-refractivity contribution in [1.29, 1.82) is 0 Å². The lowest BCUT2D eigenvalue weighted by atomic mass is 9.95. The number of esters is 2. The Morgan fingerprint density at radius 2 is 1.71 bits per heavy atom. The van der Waals surface area contributed by atoms with E-state index in [0.717, 1.165) is 5.56 Å². The molecule has 0 saturated carbocycles. The van der Waals surface area contributed by atoms with Crippen molar-refractivity contribution in [1.82, 2.24) is 10.6 Å². The van der Waals surface area contributed by atoms with Crippen molar-refractivity contribution < 1.29 is 19.1 Å². The molecule has 2 N–H and O–H groups in total. The molecule has 0 saturated heterocycles. The predicted octanol–water partition coefficient (Wildman–Crippen LogP) is 3.26. The number of carbonyl (C=O) groups excluding carboxylic acids is 2. The Kier molecular flexibility index (Phi) is 6.06. The summed E-state index contributed by atoms with van der Waals surface area (Å²) in [4.78, 5) is 24.6. The van der Waals surface area contributed by atoms with E-state index in [1.165, 1.54) is 0 Å². The van der Waals surface area contributed by atoms with E-state index in [0.29, 0.717) is 27.7 Å². The lowest BCUT2D eigenvalue weighted by Crippen LogP contribution is -2.45. The molecule has 7 heteroatoms. The summed E-state index contributed by atoms with van der Waals surface area (Å²) in [6.07, 6.45) is 0. The van der Waals surface area contributed by atoms with Crippen molar-refractivity contribution in [3.05, 3.63) is 77.0 Å². The minimum atomic E-state index is -0.452. The Morgan fingerprint density at radius 1 is 1.04 bits per heavy atom. The molecule has 0 aromatic heterocycles. The molecule has 1 heterocycles. The normalized spacial score (nSPS) is 16.1. The number of rotatable bonds is 5. The molecule has 6 nitrogen and oxygen atoms in total. The first kappa shape index (κ1) is 19.6. The van der Waals surface area contributed by atoms with Crippen LogP contribution in [-0.4, -0.2) is 23.7 Å². The first-order valence-electron chi connectivity index (χ1n) is 8.82. The fourth-order valence-electron chi connectivity index (χ4n) is 2.89. The van der Waals surface area contributed by atoms with Crippen LogP contribution in [0.5, 0.6) is 5.75 Å². The highest BCUT2D eigenvalue weighted by atomic mass is 32.1. The van der Waals surface area contributed by atoms with Crippen LogP contribution in [0.15, 0.2) is 65.9 Å². The van der Waals surface area contributed by atoms with Crippen LogP contribution < -0.4 is 15.4 Å². The summed E-state index contributed by atoms with van der Waals surface area (Å²) in [5.74, 6) is -0.433. The summed E-state index contributed by atoms with van der Waals surface area (Å²) in [5.41, 5.74) is 2.38. The van der Waals surface area contributed by atoms with E-state index in [1.807, 2.05) is 6.07 Å². The van der Waals surface area contributed by atoms with Gasteiger partial charge in [0.05, 0.1) is 23.8 Å². The monoisotopic (exact) mass is 396 g/mol. The quantitative estimate of drug-likeness (QED) is 0.456. The average Bonchev–Trinajstić information content (AvgIpc) is 2.68. The third-order valence-electron chi connectivity index (χ3n) is 4.20. The minimum Gasteiger partial charge on any atom is -0.463 e. The second-order valence-corrected chi connectivity index (χ2v) is 6.52. The third-order valence-corrected chi connectivity index (χ3v) is 4.42. The SMILES string of the molecule is CCOC(=O)C1=C(C)NC(=S)N[C@H]1c1ccc(OC(=O)c2ccccc2)cc1. The molecule has 144 valence electrons. The van der Waals surface area contributed by atoms with Gasteiger partial charge in [-0.25, -0.2) is 9.59 Å².